The largest absolute Gasteiger partial charge is 0.493 e. The number of hydrogen-bond acceptors (Lipinski definition) is 7. The SMILES string of the molecule is COc1cc(C(=O)NNC(=O)c2ccc(Nc3ccccc3)c([N+](=O)[O-])c2)ccc1OC(C)C. The highest BCUT2D eigenvalue weighted by Gasteiger charge is 2.19. The van der Waals surface area contributed by atoms with Gasteiger partial charge in [0, 0.05) is 22.9 Å². The fourth-order valence-corrected chi connectivity index (χ4v) is 3.02. The molecule has 3 rings (SSSR count). The number of rotatable bonds is 8. The molecule has 0 fully saturated rings. The van der Waals surface area contributed by atoms with E-state index in [1.54, 1.807) is 30.3 Å². The van der Waals surface area contributed by atoms with Gasteiger partial charge in [0.05, 0.1) is 18.1 Å². The van der Waals surface area contributed by atoms with Gasteiger partial charge >= 0.3 is 0 Å². The van der Waals surface area contributed by atoms with Gasteiger partial charge < -0.3 is 14.8 Å². The number of amides is 2. The number of nitro benzene ring substituents is 1. The van der Waals surface area contributed by atoms with E-state index in [1.807, 2.05) is 19.9 Å². The summed E-state index contributed by atoms with van der Waals surface area (Å²) in [6.07, 6.45) is -0.0776. The van der Waals surface area contributed by atoms with Crippen molar-refractivity contribution in [2.75, 3.05) is 12.4 Å². The summed E-state index contributed by atoms with van der Waals surface area (Å²) in [5, 5.41) is 14.5. The maximum Gasteiger partial charge on any atom is 0.293 e. The Morgan fingerprint density at radius 2 is 1.50 bits per heavy atom. The molecule has 0 aliphatic carbocycles. The van der Waals surface area contributed by atoms with Crippen LogP contribution in [0.3, 0.4) is 0 Å². The average Bonchev–Trinajstić information content (AvgIpc) is 2.83. The number of benzene rings is 3. The van der Waals surface area contributed by atoms with Crippen molar-refractivity contribution >= 4 is 28.9 Å². The van der Waals surface area contributed by atoms with Crippen LogP contribution in [0.15, 0.2) is 66.7 Å². The number of ether oxygens (including phenoxy) is 2. The molecule has 0 aromatic heterocycles. The minimum absolute atomic E-state index is 0.00359. The molecule has 3 aromatic carbocycles. The molecule has 0 spiro atoms. The van der Waals surface area contributed by atoms with Crippen molar-refractivity contribution in [2.45, 2.75) is 20.0 Å². The molecule has 3 N–H and O–H groups in total. The minimum atomic E-state index is -0.713. The Bertz CT molecular complexity index is 1200. The number of hydrogen-bond donors (Lipinski definition) is 3. The fraction of sp³-hybridized carbons (Fsp3) is 0.167. The minimum Gasteiger partial charge on any atom is -0.493 e. The van der Waals surface area contributed by atoms with Gasteiger partial charge in [0.15, 0.2) is 11.5 Å². The van der Waals surface area contributed by atoms with Crippen molar-refractivity contribution in [2.24, 2.45) is 0 Å². The van der Waals surface area contributed by atoms with Crippen molar-refractivity contribution < 1.29 is 24.0 Å². The highest BCUT2D eigenvalue weighted by Crippen LogP contribution is 2.30. The van der Waals surface area contributed by atoms with Crippen LogP contribution in [0.5, 0.6) is 11.5 Å². The maximum absolute atomic E-state index is 12.5. The summed E-state index contributed by atoms with van der Waals surface area (Å²) in [7, 11) is 1.45. The number of nitrogens with zero attached hydrogens (tertiary/aromatic N) is 1. The van der Waals surface area contributed by atoms with Crippen LogP contribution in [0.25, 0.3) is 0 Å². The van der Waals surface area contributed by atoms with Crippen molar-refractivity contribution in [3.63, 3.8) is 0 Å². The first-order valence-electron chi connectivity index (χ1n) is 10.3. The van der Waals surface area contributed by atoms with Gasteiger partial charge in [0.25, 0.3) is 17.5 Å². The topological polar surface area (TPSA) is 132 Å². The van der Waals surface area contributed by atoms with E-state index >= 15 is 0 Å². The number of anilines is 2. The molecular weight excluding hydrogens is 440 g/mol. The lowest BCUT2D eigenvalue weighted by atomic mass is 10.1. The maximum atomic E-state index is 12.5. The zero-order valence-electron chi connectivity index (χ0n) is 18.8. The van der Waals surface area contributed by atoms with E-state index in [2.05, 4.69) is 16.2 Å². The Morgan fingerprint density at radius 3 is 2.09 bits per heavy atom. The third-order valence-electron chi connectivity index (χ3n) is 4.59. The van der Waals surface area contributed by atoms with E-state index in [0.717, 1.165) is 6.07 Å². The van der Waals surface area contributed by atoms with Crippen molar-refractivity contribution in [1.29, 1.82) is 0 Å². The molecule has 0 aliphatic rings. The lowest BCUT2D eigenvalue weighted by molar-refractivity contribution is -0.383. The molecule has 176 valence electrons. The molecule has 10 nitrogen and oxygen atoms in total. The number of carbonyl (C=O) groups is 2. The molecule has 0 radical (unpaired) electrons. The molecule has 2 amide bonds. The van der Waals surface area contributed by atoms with E-state index < -0.39 is 16.7 Å². The second kappa shape index (κ2) is 10.8. The normalized spacial score (nSPS) is 10.4. The number of nitrogens with one attached hydrogen (secondary N) is 3. The van der Waals surface area contributed by atoms with Crippen LogP contribution >= 0.6 is 0 Å². The van der Waals surface area contributed by atoms with E-state index in [1.165, 1.54) is 31.4 Å². The first-order valence-corrected chi connectivity index (χ1v) is 10.3. The predicted molar refractivity (Wildman–Crippen MR) is 127 cm³/mol. The number of para-hydroxylation sites is 1. The van der Waals surface area contributed by atoms with E-state index in [0.29, 0.717) is 17.2 Å². The van der Waals surface area contributed by atoms with Gasteiger partial charge in [-0.1, -0.05) is 18.2 Å². The molecule has 0 atom stereocenters. The third kappa shape index (κ3) is 6.00. The highest BCUT2D eigenvalue weighted by atomic mass is 16.6. The molecule has 0 heterocycles. The van der Waals surface area contributed by atoms with Crippen LogP contribution < -0.4 is 25.6 Å². The Balaban J connectivity index is 1.70. The zero-order chi connectivity index (χ0) is 24.7. The van der Waals surface area contributed by atoms with Gasteiger partial charge in [-0.15, -0.1) is 0 Å². The lowest BCUT2D eigenvalue weighted by Crippen LogP contribution is -2.41. The van der Waals surface area contributed by atoms with E-state index in [4.69, 9.17) is 9.47 Å². The second-order valence-corrected chi connectivity index (χ2v) is 7.42. The van der Waals surface area contributed by atoms with Crippen molar-refractivity contribution in [3.05, 3.63) is 88.0 Å². The summed E-state index contributed by atoms with van der Waals surface area (Å²) < 4.78 is 10.9. The van der Waals surface area contributed by atoms with Crippen molar-refractivity contribution in [1.82, 2.24) is 10.9 Å². The summed E-state index contributed by atoms with van der Waals surface area (Å²) in [4.78, 5) is 35.9. The van der Waals surface area contributed by atoms with Crippen LogP contribution in [0.4, 0.5) is 17.1 Å². The number of nitro groups is 1. The monoisotopic (exact) mass is 464 g/mol. The van der Waals surface area contributed by atoms with Crippen LogP contribution in [0.1, 0.15) is 34.6 Å². The highest BCUT2D eigenvalue weighted by molar-refractivity contribution is 6.00. The van der Waals surface area contributed by atoms with Gasteiger partial charge in [0.2, 0.25) is 0 Å². The van der Waals surface area contributed by atoms with Crippen LogP contribution in [-0.2, 0) is 0 Å². The van der Waals surface area contributed by atoms with Crippen LogP contribution in [0, 0.1) is 10.1 Å². The first-order chi connectivity index (χ1) is 16.3. The van der Waals surface area contributed by atoms with Gasteiger partial charge in [-0.05, 0) is 56.3 Å². The lowest BCUT2D eigenvalue weighted by Gasteiger charge is -2.14. The number of hydrazine groups is 1. The summed E-state index contributed by atoms with van der Waals surface area (Å²) in [6, 6.07) is 17.5. The van der Waals surface area contributed by atoms with Gasteiger partial charge in [-0.25, -0.2) is 0 Å². The predicted octanol–water partition coefficient (Wildman–Crippen LogP) is 4.21. The fourth-order valence-electron chi connectivity index (χ4n) is 3.02. The number of methoxy groups -OCH3 is 1. The molecule has 0 unspecified atom stereocenters. The molecule has 0 aliphatic heterocycles. The summed E-state index contributed by atoms with van der Waals surface area (Å²) >= 11 is 0. The summed E-state index contributed by atoms with van der Waals surface area (Å²) in [6.45, 7) is 3.73. The summed E-state index contributed by atoms with van der Waals surface area (Å²) in [5.41, 5.74) is 5.39. The molecule has 0 bridgehead atoms. The molecule has 3 aromatic rings. The third-order valence-corrected chi connectivity index (χ3v) is 4.59. The Morgan fingerprint density at radius 1 is 0.882 bits per heavy atom. The van der Waals surface area contributed by atoms with Gasteiger partial charge in [-0.3, -0.25) is 30.6 Å². The standard InChI is InChI=1S/C24H24N4O6/c1-15(2)34-21-12-10-17(14-22(21)33-3)24(30)27-26-23(29)16-9-11-19(20(13-16)28(31)32)25-18-7-5-4-6-8-18/h4-15,25H,1-3H3,(H,26,29)(H,27,30). The Hall–Kier alpha value is -4.60. The van der Waals surface area contributed by atoms with Crippen LogP contribution in [-0.4, -0.2) is 30.0 Å². The van der Waals surface area contributed by atoms with Crippen molar-refractivity contribution in [3.8, 4) is 11.5 Å². The van der Waals surface area contributed by atoms with Gasteiger partial charge in [0.1, 0.15) is 5.69 Å². The zero-order valence-corrected chi connectivity index (χ0v) is 18.8. The molecule has 0 saturated carbocycles. The first kappa shape index (κ1) is 24.1. The molecular formula is C24H24N4O6. The molecule has 10 heteroatoms. The summed E-state index contributed by atoms with van der Waals surface area (Å²) in [5.74, 6) is -0.464. The van der Waals surface area contributed by atoms with Gasteiger partial charge in [-0.2, -0.15) is 0 Å². The van der Waals surface area contributed by atoms with E-state index in [9.17, 15) is 19.7 Å². The molecule has 34 heavy (non-hydrogen) atoms. The quantitative estimate of drug-likeness (QED) is 0.336. The average molecular weight is 464 g/mol. The number of carbonyl (C=O) groups excluding carboxylic acids is 2. The Kier molecular flexibility index (Phi) is 7.65. The van der Waals surface area contributed by atoms with Crippen LogP contribution in [0.2, 0.25) is 0 Å². The van der Waals surface area contributed by atoms with E-state index in [-0.39, 0.29) is 28.6 Å². The second-order valence-electron chi connectivity index (χ2n) is 7.42. The smallest absolute Gasteiger partial charge is 0.293 e. The Labute approximate surface area is 196 Å². The molecule has 0 saturated heterocycles.